The fraction of sp³-hybridized carbons (Fsp3) is 0.160. The lowest BCUT2D eigenvalue weighted by Gasteiger charge is -2.25. The highest BCUT2D eigenvalue weighted by atomic mass is 15.1. The van der Waals surface area contributed by atoms with Gasteiger partial charge in [-0.2, -0.15) is 0 Å². The largest absolute Gasteiger partial charge is 0.318 e. The van der Waals surface area contributed by atoms with E-state index >= 15 is 0 Å². The summed E-state index contributed by atoms with van der Waals surface area (Å²) in [5, 5.41) is 5.02. The fourth-order valence-electron chi connectivity index (χ4n) is 4.14. The van der Waals surface area contributed by atoms with E-state index in [-0.39, 0.29) is 5.54 Å². The molecule has 1 heterocycles. The molecule has 132 valence electrons. The van der Waals surface area contributed by atoms with Crippen molar-refractivity contribution in [1.82, 2.24) is 9.55 Å². The standard InChI is InChI=1S/C25H22N2/c1-25(2,3)27-23-21-16-10-8-14-19(21)18-13-7-9-15-20(18)22(23)26-24(27)17-11-5-4-6-12-17/h4-16H,1-3H3. The van der Waals surface area contributed by atoms with Crippen LogP contribution < -0.4 is 0 Å². The van der Waals surface area contributed by atoms with Crippen LogP contribution in [0.5, 0.6) is 0 Å². The van der Waals surface area contributed by atoms with Crippen molar-refractivity contribution in [3.05, 3.63) is 78.9 Å². The van der Waals surface area contributed by atoms with Gasteiger partial charge < -0.3 is 4.57 Å². The summed E-state index contributed by atoms with van der Waals surface area (Å²) < 4.78 is 2.41. The molecule has 1 aromatic heterocycles. The van der Waals surface area contributed by atoms with Crippen molar-refractivity contribution in [3.63, 3.8) is 0 Å². The molecular formula is C25H22N2. The van der Waals surface area contributed by atoms with E-state index in [9.17, 15) is 0 Å². The third kappa shape index (κ3) is 2.37. The first-order chi connectivity index (χ1) is 13.1. The van der Waals surface area contributed by atoms with Crippen molar-refractivity contribution >= 4 is 32.6 Å². The van der Waals surface area contributed by atoms with E-state index < -0.39 is 0 Å². The predicted octanol–water partition coefficient (Wildman–Crippen LogP) is 6.76. The highest BCUT2D eigenvalue weighted by Crippen LogP contribution is 2.39. The lowest BCUT2D eigenvalue weighted by atomic mass is 9.99. The van der Waals surface area contributed by atoms with Crippen molar-refractivity contribution in [2.75, 3.05) is 0 Å². The first-order valence-electron chi connectivity index (χ1n) is 9.43. The molecule has 2 nitrogen and oxygen atoms in total. The van der Waals surface area contributed by atoms with Gasteiger partial charge in [-0.15, -0.1) is 0 Å². The number of rotatable bonds is 1. The summed E-state index contributed by atoms with van der Waals surface area (Å²) in [6.45, 7) is 6.76. The smallest absolute Gasteiger partial charge is 0.141 e. The Kier molecular flexibility index (Phi) is 3.38. The molecule has 0 fully saturated rings. The summed E-state index contributed by atoms with van der Waals surface area (Å²) in [5.74, 6) is 1.03. The molecule has 0 radical (unpaired) electrons. The van der Waals surface area contributed by atoms with Crippen LogP contribution in [-0.2, 0) is 5.54 Å². The van der Waals surface area contributed by atoms with E-state index in [0.29, 0.717) is 0 Å². The molecular weight excluding hydrogens is 328 g/mol. The van der Waals surface area contributed by atoms with Crippen LogP contribution in [0.2, 0.25) is 0 Å². The number of aromatic nitrogens is 2. The van der Waals surface area contributed by atoms with E-state index in [1.165, 1.54) is 27.1 Å². The van der Waals surface area contributed by atoms with Crippen molar-refractivity contribution < 1.29 is 0 Å². The zero-order chi connectivity index (χ0) is 18.6. The average Bonchev–Trinajstić information content (AvgIpc) is 3.10. The molecule has 2 heteroatoms. The number of hydrogen-bond acceptors (Lipinski definition) is 1. The first-order valence-corrected chi connectivity index (χ1v) is 9.43. The van der Waals surface area contributed by atoms with Crippen LogP contribution in [0.3, 0.4) is 0 Å². The van der Waals surface area contributed by atoms with E-state index in [1.807, 2.05) is 0 Å². The Balaban J connectivity index is 2.08. The number of fused-ring (bicyclic) bond motifs is 6. The molecule has 5 rings (SSSR count). The molecule has 5 aromatic rings. The van der Waals surface area contributed by atoms with Crippen LogP contribution in [-0.4, -0.2) is 9.55 Å². The van der Waals surface area contributed by atoms with Gasteiger partial charge in [0.25, 0.3) is 0 Å². The van der Waals surface area contributed by atoms with Crippen LogP contribution in [0, 0.1) is 0 Å². The molecule has 0 bridgehead atoms. The van der Waals surface area contributed by atoms with Crippen molar-refractivity contribution in [2.24, 2.45) is 0 Å². The SMILES string of the molecule is CC(C)(C)n1c(-c2ccccc2)nc2c3ccccc3c3ccccc3c21. The average molecular weight is 350 g/mol. The van der Waals surface area contributed by atoms with Crippen molar-refractivity contribution in [3.8, 4) is 11.4 Å². The maximum absolute atomic E-state index is 5.19. The Morgan fingerprint density at radius 2 is 1.15 bits per heavy atom. The maximum atomic E-state index is 5.19. The van der Waals surface area contributed by atoms with E-state index in [4.69, 9.17) is 4.98 Å². The minimum atomic E-state index is -0.0921. The summed E-state index contributed by atoms with van der Waals surface area (Å²) in [5.41, 5.74) is 3.36. The first kappa shape index (κ1) is 16.1. The molecule has 0 unspecified atom stereocenters. The van der Waals surface area contributed by atoms with E-state index in [2.05, 4.69) is 104 Å². The fourth-order valence-corrected chi connectivity index (χ4v) is 4.14. The third-order valence-electron chi connectivity index (χ3n) is 5.23. The second-order valence-corrected chi connectivity index (χ2v) is 8.10. The molecule has 27 heavy (non-hydrogen) atoms. The molecule has 0 aliphatic heterocycles. The quantitative estimate of drug-likeness (QED) is 0.305. The summed E-state index contributed by atoms with van der Waals surface area (Å²) in [6.07, 6.45) is 0. The maximum Gasteiger partial charge on any atom is 0.141 e. The van der Waals surface area contributed by atoms with Crippen molar-refractivity contribution in [1.29, 1.82) is 0 Å². The minimum Gasteiger partial charge on any atom is -0.318 e. The van der Waals surface area contributed by atoms with Gasteiger partial charge in [0, 0.05) is 21.9 Å². The Bertz CT molecular complexity index is 1290. The second kappa shape index (κ2) is 5.68. The molecule has 0 aliphatic carbocycles. The zero-order valence-electron chi connectivity index (χ0n) is 15.9. The lowest BCUT2D eigenvalue weighted by Crippen LogP contribution is -2.22. The third-order valence-corrected chi connectivity index (χ3v) is 5.23. The summed E-state index contributed by atoms with van der Waals surface area (Å²) in [4.78, 5) is 5.19. The van der Waals surface area contributed by atoms with Gasteiger partial charge in [-0.25, -0.2) is 4.98 Å². The molecule has 0 saturated heterocycles. The summed E-state index contributed by atoms with van der Waals surface area (Å²) >= 11 is 0. The lowest BCUT2D eigenvalue weighted by molar-refractivity contribution is 0.414. The summed E-state index contributed by atoms with van der Waals surface area (Å²) in [7, 11) is 0. The van der Waals surface area contributed by atoms with E-state index in [0.717, 1.165) is 16.9 Å². The van der Waals surface area contributed by atoms with Gasteiger partial charge in [0.05, 0.1) is 11.0 Å². The van der Waals surface area contributed by atoms with Crippen LogP contribution >= 0.6 is 0 Å². The van der Waals surface area contributed by atoms with Crippen LogP contribution in [0.15, 0.2) is 78.9 Å². The minimum absolute atomic E-state index is 0.0921. The molecule has 0 saturated carbocycles. The Labute approximate surface area is 159 Å². The van der Waals surface area contributed by atoms with Gasteiger partial charge >= 0.3 is 0 Å². The Hall–Kier alpha value is -3.13. The Morgan fingerprint density at radius 1 is 0.630 bits per heavy atom. The van der Waals surface area contributed by atoms with Crippen LogP contribution in [0.1, 0.15) is 20.8 Å². The summed E-state index contributed by atoms with van der Waals surface area (Å²) in [6, 6.07) is 27.8. The van der Waals surface area contributed by atoms with E-state index in [1.54, 1.807) is 0 Å². The molecule has 0 N–H and O–H groups in total. The normalized spacial score (nSPS) is 12.3. The van der Waals surface area contributed by atoms with Crippen LogP contribution in [0.4, 0.5) is 0 Å². The van der Waals surface area contributed by atoms with Gasteiger partial charge in [0.1, 0.15) is 5.82 Å². The zero-order valence-corrected chi connectivity index (χ0v) is 15.9. The Morgan fingerprint density at radius 3 is 1.78 bits per heavy atom. The second-order valence-electron chi connectivity index (χ2n) is 8.10. The molecule has 0 atom stereocenters. The molecule has 4 aromatic carbocycles. The monoisotopic (exact) mass is 350 g/mol. The topological polar surface area (TPSA) is 17.8 Å². The number of nitrogens with zero attached hydrogens (tertiary/aromatic N) is 2. The number of imidazole rings is 1. The van der Waals surface area contributed by atoms with Gasteiger partial charge in [-0.05, 0) is 31.5 Å². The van der Waals surface area contributed by atoms with Gasteiger partial charge in [-0.1, -0.05) is 78.9 Å². The predicted molar refractivity (Wildman–Crippen MR) is 115 cm³/mol. The highest BCUT2D eigenvalue weighted by Gasteiger charge is 2.25. The molecule has 0 aliphatic rings. The highest BCUT2D eigenvalue weighted by molar-refractivity contribution is 6.23. The van der Waals surface area contributed by atoms with Crippen LogP contribution in [0.25, 0.3) is 44.0 Å². The van der Waals surface area contributed by atoms with Gasteiger partial charge in [0.15, 0.2) is 0 Å². The molecule has 0 spiro atoms. The van der Waals surface area contributed by atoms with Gasteiger partial charge in [0.2, 0.25) is 0 Å². The number of hydrogen-bond donors (Lipinski definition) is 0. The number of benzene rings is 4. The molecule has 0 amide bonds. The van der Waals surface area contributed by atoms with Gasteiger partial charge in [-0.3, -0.25) is 0 Å². The van der Waals surface area contributed by atoms with Crippen molar-refractivity contribution in [2.45, 2.75) is 26.3 Å².